The number of hydrogen-bond acceptors (Lipinski definition) is 4. The zero-order valence-corrected chi connectivity index (χ0v) is 20.2. The zero-order chi connectivity index (χ0) is 23.9. The first-order valence-electron chi connectivity index (χ1n) is 12.7. The highest BCUT2D eigenvalue weighted by Gasteiger charge is 2.34. The molecule has 2 aliphatic rings. The first-order chi connectivity index (χ1) is 16.6. The average Bonchev–Trinajstić information content (AvgIpc) is 2.89. The van der Waals surface area contributed by atoms with Gasteiger partial charge in [-0.05, 0) is 55.5 Å². The van der Waals surface area contributed by atoms with E-state index in [1.807, 2.05) is 36.4 Å². The van der Waals surface area contributed by atoms with Gasteiger partial charge in [-0.1, -0.05) is 56.4 Å². The smallest absolute Gasteiger partial charge is 0.259 e. The van der Waals surface area contributed by atoms with Crippen molar-refractivity contribution in [3.05, 3.63) is 59.7 Å². The number of para-hydroxylation sites is 1. The van der Waals surface area contributed by atoms with Gasteiger partial charge in [0.15, 0.2) is 0 Å². The second kappa shape index (κ2) is 11.5. The third-order valence-electron chi connectivity index (χ3n) is 7.34. The SMILES string of the molecule is COc1ccccc1C(=O)Nc1ccc(CN(C(=O)C2CCCCC2)C2CCCCC2N)cc1. The Morgan fingerprint density at radius 1 is 0.941 bits per heavy atom. The van der Waals surface area contributed by atoms with Gasteiger partial charge in [-0.2, -0.15) is 0 Å². The van der Waals surface area contributed by atoms with E-state index in [4.69, 9.17) is 10.5 Å². The van der Waals surface area contributed by atoms with Crippen LogP contribution in [0.4, 0.5) is 5.69 Å². The first kappa shape index (κ1) is 24.3. The van der Waals surface area contributed by atoms with E-state index in [9.17, 15) is 9.59 Å². The third kappa shape index (κ3) is 5.79. The number of nitrogens with two attached hydrogens (primary N) is 1. The second-order valence-corrected chi connectivity index (χ2v) is 9.67. The van der Waals surface area contributed by atoms with Crippen molar-refractivity contribution in [3.63, 3.8) is 0 Å². The van der Waals surface area contributed by atoms with Gasteiger partial charge in [-0.3, -0.25) is 9.59 Å². The van der Waals surface area contributed by atoms with Crippen molar-refractivity contribution in [1.29, 1.82) is 0 Å². The van der Waals surface area contributed by atoms with Gasteiger partial charge in [0.25, 0.3) is 5.91 Å². The molecular weight excluding hydrogens is 426 g/mol. The lowest BCUT2D eigenvalue weighted by molar-refractivity contribution is -0.141. The molecule has 2 aromatic rings. The van der Waals surface area contributed by atoms with E-state index in [2.05, 4.69) is 10.2 Å². The summed E-state index contributed by atoms with van der Waals surface area (Å²) in [4.78, 5) is 28.4. The molecule has 0 aliphatic heterocycles. The molecule has 34 heavy (non-hydrogen) atoms. The van der Waals surface area contributed by atoms with Crippen LogP contribution in [-0.4, -0.2) is 35.9 Å². The monoisotopic (exact) mass is 463 g/mol. The van der Waals surface area contributed by atoms with Crippen LogP contribution < -0.4 is 15.8 Å². The quantitative estimate of drug-likeness (QED) is 0.596. The Kier molecular flexibility index (Phi) is 8.22. The van der Waals surface area contributed by atoms with E-state index in [0.29, 0.717) is 23.5 Å². The molecule has 0 aromatic heterocycles. The van der Waals surface area contributed by atoms with Gasteiger partial charge in [0.2, 0.25) is 5.91 Å². The van der Waals surface area contributed by atoms with Crippen LogP contribution in [0.25, 0.3) is 0 Å². The molecule has 0 heterocycles. The van der Waals surface area contributed by atoms with Crippen LogP contribution >= 0.6 is 0 Å². The van der Waals surface area contributed by atoms with Gasteiger partial charge in [-0.15, -0.1) is 0 Å². The summed E-state index contributed by atoms with van der Waals surface area (Å²) in [7, 11) is 1.56. The first-order valence-corrected chi connectivity index (χ1v) is 12.7. The number of nitrogens with zero attached hydrogens (tertiary/aromatic N) is 1. The van der Waals surface area contributed by atoms with E-state index < -0.39 is 0 Å². The maximum atomic E-state index is 13.6. The minimum atomic E-state index is -0.215. The van der Waals surface area contributed by atoms with E-state index in [1.54, 1.807) is 19.2 Å². The summed E-state index contributed by atoms with van der Waals surface area (Å²) in [6.07, 6.45) is 9.72. The molecule has 0 radical (unpaired) electrons. The maximum Gasteiger partial charge on any atom is 0.259 e. The van der Waals surface area contributed by atoms with Crippen molar-refractivity contribution in [2.45, 2.75) is 76.4 Å². The van der Waals surface area contributed by atoms with Crippen LogP contribution in [0.3, 0.4) is 0 Å². The Hall–Kier alpha value is -2.86. The molecule has 2 amide bonds. The Morgan fingerprint density at radius 3 is 2.32 bits per heavy atom. The van der Waals surface area contributed by atoms with Crippen molar-refractivity contribution >= 4 is 17.5 Å². The average molecular weight is 464 g/mol. The van der Waals surface area contributed by atoms with Crippen molar-refractivity contribution in [2.24, 2.45) is 11.7 Å². The Morgan fingerprint density at radius 2 is 1.62 bits per heavy atom. The summed E-state index contributed by atoms with van der Waals surface area (Å²) in [5.41, 5.74) is 8.76. The number of amides is 2. The van der Waals surface area contributed by atoms with E-state index in [-0.39, 0.29) is 29.8 Å². The summed E-state index contributed by atoms with van der Waals surface area (Å²) in [6, 6.07) is 15.1. The molecule has 2 aliphatic carbocycles. The number of hydrogen-bond donors (Lipinski definition) is 2. The number of carbonyl (C=O) groups excluding carboxylic acids is 2. The molecular formula is C28H37N3O3. The molecule has 6 nitrogen and oxygen atoms in total. The molecule has 4 rings (SSSR count). The van der Waals surface area contributed by atoms with Crippen LogP contribution in [0, 0.1) is 5.92 Å². The molecule has 6 heteroatoms. The molecule has 0 bridgehead atoms. The Balaban J connectivity index is 1.47. The van der Waals surface area contributed by atoms with Gasteiger partial charge in [0.1, 0.15) is 5.75 Å². The van der Waals surface area contributed by atoms with Gasteiger partial charge in [0, 0.05) is 30.2 Å². The number of anilines is 1. The number of ether oxygens (including phenoxy) is 1. The summed E-state index contributed by atoms with van der Waals surface area (Å²) in [5, 5.41) is 2.94. The fraction of sp³-hybridized carbons (Fsp3) is 0.500. The summed E-state index contributed by atoms with van der Waals surface area (Å²) < 4.78 is 5.30. The standard InChI is InChI=1S/C28H37N3O3/c1-34-26-14-8-5-11-23(26)27(32)30-22-17-15-20(16-18-22)19-31(25-13-7-6-12-24(25)29)28(33)21-9-3-2-4-10-21/h5,8,11,14-18,21,24-25H,2-4,6-7,9-10,12-13,19,29H2,1H3,(H,30,32). The van der Waals surface area contributed by atoms with Crippen LogP contribution in [0.5, 0.6) is 5.75 Å². The van der Waals surface area contributed by atoms with Crippen LogP contribution in [-0.2, 0) is 11.3 Å². The number of nitrogens with one attached hydrogen (secondary N) is 1. The molecule has 2 atom stereocenters. The number of benzene rings is 2. The predicted octanol–water partition coefficient (Wildman–Crippen LogP) is 5.13. The molecule has 2 unspecified atom stereocenters. The normalized spacial score (nSPS) is 21.0. The van der Waals surface area contributed by atoms with Gasteiger partial charge >= 0.3 is 0 Å². The lowest BCUT2D eigenvalue weighted by Gasteiger charge is -2.40. The van der Waals surface area contributed by atoms with Gasteiger partial charge in [-0.25, -0.2) is 0 Å². The largest absolute Gasteiger partial charge is 0.496 e. The molecule has 2 saturated carbocycles. The van der Waals surface area contributed by atoms with Crippen molar-refractivity contribution in [1.82, 2.24) is 4.90 Å². The van der Waals surface area contributed by atoms with Gasteiger partial charge < -0.3 is 20.7 Å². The molecule has 182 valence electrons. The lowest BCUT2D eigenvalue weighted by atomic mass is 9.85. The molecule has 2 fully saturated rings. The zero-order valence-electron chi connectivity index (χ0n) is 20.2. The van der Waals surface area contributed by atoms with Crippen LogP contribution in [0.15, 0.2) is 48.5 Å². The fourth-order valence-electron chi connectivity index (χ4n) is 5.39. The number of methoxy groups -OCH3 is 1. The summed E-state index contributed by atoms with van der Waals surface area (Å²) >= 11 is 0. The minimum Gasteiger partial charge on any atom is -0.496 e. The number of rotatable bonds is 7. The van der Waals surface area contributed by atoms with Crippen molar-refractivity contribution < 1.29 is 14.3 Å². The molecule has 2 aromatic carbocycles. The summed E-state index contributed by atoms with van der Waals surface area (Å²) in [6.45, 7) is 0.564. The van der Waals surface area contributed by atoms with Crippen LogP contribution in [0.2, 0.25) is 0 Å². The fourth-order valence-corrected chi connectivity index (χ4v) is 5.39. The van der Waals surface area contributed by atoms with Crippen molar-refractivity contribution in [2.75, 3.05) is 12.4 Å². The Bertz CT molecular complexity index is 969. The third-order valence-corrected chi connectivity index (χ3v) is 7.34. The van der Waals surface area contributed by atoms with E-state index in [0.717, 1.165) is 56.9 Å². The molecule has 0 spiro atoms. The highest BCUT2D eigenvalue weighted by atomic mass is 16.5. The van der Waals surface area contributed by atoms with Gasteiger partial charge in [0.05, 0.1) is 12.7 Å². The minimum absolute atomic E-state index is 0.0423. The topological polar surface area (TPSA) is 84.7 Å². The molecule has 3 N–H and O–H groups in total. The maximum absolute atomic E-state index is 13.6. The van der Waals surface area contributed by atoms with Crippen molar-refractivity contribution in [3.8, 4) is 5.75 Å². The lowest BCUT2D eigenvalue weighted by Crippen LogP contribution is -2.53. The van der Waals surface area contributed by atoms with E-state index in [1.165, 1.54) is 6.42 Å². The predicted molar refractivity (Wildman–Crippen MR) is 135 cm³/mol. The highest BCUT2D eigenvalue weighted by molar-refractivity contribution is 6.06. The Labute approximate surface area is 202 Å². The summed E-state index contributed by atoms with van der Waals surface area (Å²) in [5.74, 6) is 0.725. The second-order valence-electron chi connectivity index (χ2n) is 9.67. The number of carbonyl (C=O) groups is 2. The van der Waals surface area contributed by atoms with E-state index >= 15 is 0 Å². The molecule has 0 saturated heterocycles. The highest BCUT2D eigenvalue weighted by Crippen LogP contribution is 2.30. The van der Waals surface area contributed by atoms with Crippen LogP contribution in [0.1, 0.15) is 73.7 Å².